The van der Waals surface area contributed by atoms with E-state index in [1.807, 2.05) is 19.1 Å². The summed E-state index contributed by atoms with van der Waals surface area (Å²) in [4.78, 5) is 11.9. The van der Waals surface area contributed by atoms with Crippen LogP contribution in [0, 0.1) is 12.8 Å². The molecule has 0 radical (unpaired) electrons. The van der Waals surface area contributed by atoms with Gasteiger partial charge in [0.15, 0.2) is 0 Å². The van der Waals surface area contributed by atoms with Gasteiger partial charge in [0, 0.05) is 10.6 Å². The summed E-state index contributed by atoms with van der Waals surface area (Å²) in [6.07, 6.45) is 0. The monoisotopic (exact) mass is 224 g/mol. The van der Waals surface area contributed by atoms with Crippen LogP contribution in [0.1, 0.15) is 29.8 Å². The van der Waals surface area contributed by atoms with Gasteiger partial charge in [0.25, 0.3) is 0 Å². The van der Waals surface area contributed by atoms with E-state index in [4.69, 9.17) is 5.11 Å². The van der Waals surface area contributed by atoms with Crippen molar-refractivity contribution in [2.75, 3.05) is 5.75 Å². The van der Waals surface area contributed by atoms with Crippen molar-refractivity contribution in [2.24, 2.45) is 5.92 Å². The second-order valence-corrected chi connectivity index (χ2v) is 5.08. The van der Waals surface area contributed by atoms with Gasteiger partial charge in [-0.3, -0.25) is 0 Å². The van der Waals surface area contributed by atoms with Crippen LogP contribution >= 0.6 is 11.8 Å². The van der Waals surface area contributed by atoms with Gasteiger partial charge in [0.1, 0.15) is 0 Å². The SMILES string of the molecule is Cc1cc(SCC(C)C)ccc1C(=O)O. The molecule has 0 fully saturated rings. The maximum Gasteiger partial charge on any atom is 0.335 e. The predicted octanol–water partition coefficient (Wildman–Crippen LogP) is 3.44. The van der Waals surface area contributed by atoms with Gasteiger partial charge in [-0.1, -0.05) is 13.8 Å². The molecule has 0 unspecified atom stereocenters. The van der Waals surface area contributed by atoms with Crippen molar-refractivity contribution in [2.45, 2.75) is 25.7 Å². The molecule has 0 bridgehead atoms. The molecular weight excluding hydrogens is 208 g/mol. The maximum absolute atomic E-state index is 10.8. The highest BCUT2D eigenvalue weighted by Crippen LogP contribution is 2.23. The largest absolute Gasteiger partial charge is 0.478 e. The average molecular weight is 224 g/mol. The lowest BCUT2D eigenvalue weighted by Gasteiger charge is -2.06. The third-order valence-electron chi connectivity index (χ3n) is 2.01. The molecule has 1 rings (SSSR count). The first-order valence-corrected chi connectivity index (χ1v) is 5.96. The zero-order chi connectivity index (χ0) is 11.4. The minimum Gasteiger partial charge on any atom is -0.478 e. The molecule has 0 aromatic heterocycles. The fraction of sp³-hybridized carbons (Fsp3) is 0.417. The lowest BCUT2D eigenvalue weighted by molar-refractivity contribution is 0.0696. The van der Waals surface area contributed by atoms with Crippen LogP contribution < -0.4 is 0 Å². The first kappa shape index (κ1) is 12.1. The molecule has 0 aliphatic rings. The Kier molecular flexibility index (Phi) is 4.21. The summed E-state index contributed by atoms with van der Waals surface area (Å²) in [6.45, 7) is 6.18. The molecule has 2 nitrogen and oxygen atoms in total. The van der Waals surface area contributed by atoms with Gasteiger partial charge in [-0.05, 0) is 36.6 Å². The van der Waals surface area contributed by atoms with E-state index in [0.29, 0.717) is 11.5 Å². The van der Waals surface area contributed by atoms with Crippen LogP contribution in [0.2, 0.25) is 0 Å². The minimum absolute atomic E-state index is 0.392. The summed E-state index contributed by atoms with van der Waals surface area (Å²) < 4.78 is 0. The summed E-state index contributed by atoms with van der Waals surface area (Å²) in [5.74, 6) is 0.855. The molecule has 0 atom stereocenters. The maximum atomic E-state index is 10.8. The summed E-state index contributed by atoms with van der Waals surface area (Å²) >= 11 is 1.77. The lowest BCUT2D eigenvalue weighted by Crippen LogP contribution is -1.99. The average Bonchev–Trinajstić information content (AvgIpc) is 2.14. The number of hydrogen-bond acceptors (Lipinski definition) is 2. The Balaban J connectivity index is 2.78. The van der Waals surface area contributed by atoms with Crippen LogP contribution in [-0.2, 0) is 0 Å². The van der Waals surface area contributed by atoms with Crippen molar-refractivity contribution < 1.29 is 9.90 Å². The summed E-state index contributed by atoms with van der Waals surface area (Å²) in [5, 5.41) is 8.87. The molecule has 82 valence electrons. The fourth-order valence-corrected chi connectivity index (χ4v) is 2.18. The molecular formula is C12H16O2S. The molecule has 0 amide bonds. The van der Waals surface area contributed by atoms with Gasteiger partial charge >= 0.3 is 5.97 Å². The molecule has 0 aliphatic heterocycles. The molecule has 1 aromatic rings. The van der Waals surface area contributed by atoms with E-state index in [9.17, 15) is 4.79 Å². The number of rotatable bonds is 4. The van der Waals surface area contributed by atoms with E-state index in [2.05, 4.69) is 13.8 Å². The van der Waals surface area contributed by atoms with E-state index in [1.165, 1.54) is 0 Å². The highest BCUT2D eigenvalue weighted by atomic mass is 32.2. The summed E-state index contributed by atoms with van der Waals surface area (Å²) in [6, 6.07) is 5.50. The van der Waals surface area contributed by atoms with Gasteiger partial charge in [0.2, 0.25) is 0 Å². The summed E-state index contributed by atoms with van der Waals surface area (Å²) in [7, 11) is 0. The molecule has 1 aromatic carbocycles. The van der Waals surface area contributed by atoms with Crippen LogP contribution in [0.25, 0.3) is 0 Å². The highest BCUT2D eigenvalue weighted by molar-refractivity contribution is 7.99. The Morgan fingerprint density at radius 2 is 2.13 bits per heavy atom. The smallest absolute Gasteiger partial charge is 0.335 e. The normalized spacial score (nSPS) is 10.7. The molecule has 0 aliphatic carbocycles. The zero-order valence-corrected chi connectivity index (χ0v) is 10.1. The van der Waals surface area contributed by atoms with Gasteiger partial charge in [-0.15, -0.1) is 11.8 Å². The minimum atomic E-state index is -0.854. The number of carboxylic acid groups (broad SMARTS) is 1. The second-order valence-electron chi connectivity index (χ2n) is 3.99. The van der Waals surface area contributed by atoms with Crippen molar-refractivity contribution in [3.05, 3.63) is 29.3 Å². The van der Waals surface area contributed by atoms with Crippen LogP contribution in [-0.4, -0.2) is 16.8 Å². The number of thioether (sulfide) groups is 1. The van der Waals surface area contributed by atoms with Crippen molar-refractivity contribution in [1.82, 2.24) is 0 Å². The van der Waals surface area contributed by atoms with Crippen molar-refractivity contribution in [1.29, 1.82) is 0 Å². The topological polar surface area (TPSA) is 37.3 Å². The quantitative estimate of drug-likeness (QED) is 0.796. The molecule has 0 spiro atoms. The number of aromatic carboxylic acids is 1. The van der Waals surface area contributed by atoms with Crippen LogP contribution in [0.5, 0.6) is 0 Å². The molecule has 0 heterocycles. The van der Waals surface area contributed by atoms with Crippen molar-refractivity contribution in [3.8, 4) is 0 Å². The molecule has 3 heteroatoms. The number of benzene rings is 1. The molecule has 0 saturated heterocycles. The van der Waals surface area contributed by atoms with Crippen LogP contribution in [0.3, 0.4) is 0 Å². The number of hydrogen-bond donors (Lipinski definition) is 1. The first-order valence-electron chi connectivity index (χ1n) is 4.97. The van der Waals surface area contributed by atoms with Crippen LogP contribution in [0.15, 0.2) is 23.1 Å². The van der Waals surface area contributed by atoms with E-state index in [0.717, 1.165) is 16.2 Å². The Labute approximate surface area is 94.7 Å². The standard InChI is InChI=1S/C12H16O2S/c1-8(2)7-15-10-4-5-11(12(13)14)9(3)6-10/h4-6,8H,7H2,1-3H3,(H,13,14). The third-order valence-corrected chi connectivity index (χ3v) is 3.43. The summed E-state index contributed by atoms with van der Waals surface area (Å²) in [5.41, 5.74) is 1.22. The number of aryl methyl sites for hydroxylation is 1. The Hall–Kier alpha value is -0.960. The molecule has 0 saturated carbocycles. The molecule has 1 N–H and O–H groups in total. The highest BCUT2D eigenvalue weighted by Gasteiger charge is 2.07. The zero-order valence-electron chi connectivity index (χ0n) is 9.28. The van der Waals surface area contributed by atoms with E-state index >= 15 is 0 Å². The first-order chi connectivity index (χ1) is 7.00. The van der Waals surface area contributed by atoms with Gasteiger partial charge < -0.3 is 5.11 Å². The van der Waals surface area contributed by atoms with E-state index in [-0.39, 0.29) is 0 Å². The Morgan fingerprint density at radius 3 is 2.60 bits per heavy atom. The van der Waals surface area contributed by atoms with Gasteiger partial charge in [-0.2, -0.15) is 0 Å². The number of carbonyl (C=O) groups is 1. The Bertz CT molecular complexity index is 359. The van der Waals surface area contributed by atoms with Crippen molar-refractivity contribution in [3.63, 3.8) is 0 Å². The van der Waals surface area contributed by atoms with Gasteiger partial charge in [0.05, 0.1) is 5.56 Å². The second kappa shape index (κ2) is 5.21. The Morgan fingerprint density at radius 1 is 1.47 bits per heavy atom. The predicted molar refractivity (Wildman–Crippen MR) is 63.7 cm³/mol. The van der Waals surface area contributed by atoms with Gasteiger partial charge in [-0.25, -0.2) is 4.79 Å². The van der Waals surface area contributed by atoms with E-state index in [1.54, 1.807) is 17.8 Å². The fourth-order valence-electron chi connectivity index (χ4n) is 1.23. The van der Waals surface area contributed by atoms with Crippen LogP contribution in [0.4, 0.5) is 0 Å². The lowest BCUT2D eigenvalue weighted by atomic mass is 10.1. The number of carboxylic acids is 1. The molecule has 15 heavy (non-hydrogen) atoms. The van der Waals surface area contributed by atoms with Crippen molar-refractivity contribution >= 4 is 17.7 Å². The van der Waals surface area contributed by atoms with E-state index < -0.39 is 5.97 Å². The third kappa shape index (κ3) is 3.59.